The first-order valence-electron chi connectivity index (χ1n) is 8.63. The zero-order chi connectivity index (χ0) is 18.5. The van der Waals surface area contributed by atoms with Crippen LogP contribution in [0.2, 0.25) is 0 Å². The van der Waals surface area contributed by atoms with E-state index in [-0.39, 0.29) is 17.7 Å². The lowest BCUT2D eigenvalue weighted by Gasteiger charge is -2.19. The lowest BCUT2D eigenvalue weighted by molar-refractivity contribution is -0.130. The van der Waals surface area contributed by atoms with Gasteiger partial charge in [-0.05, 0) is 19.5 Å². The van der Waals surface area contributed by atoms with Crippen molar-refractivity contribution in [1.29, 1.82) is 0 Å². The van der Waals surface area contributed by atoms with Gasteiger partial charge in [-0.3, -0.25) is 4.79 Å². The number of nitrogens with two attached hydrogens (primary N) is 1. The summed E-state index contributed by atoms with van der Waals surface area (Å²) in [6, 6.07) is 6.60. The lowest BCUT2D eigenvalue weighted by atomic mass is 10.1. The second-order valence-corrected chi connectivity index (χ2v) is 6.21. The maximum Gasteiger partial charge on any atom is 0.236 e. The van der Waals surface area contributed by atoms with E-state index in [0.29, 0.717) is 50.4 Å². The van der Waals surface area contributed by atoms with Gasteiger partial charge in [0.1, 0.15) is 11.6 Å². The van der Waals surface area contributed by atoms with Crippen LogP contribution in [0.4, 0.5) is 16.2 Å². The highest BCUT2D eigenvalue weighted by molar-refractivity contribution is 5.78. The van der Waals surface area contributed by atoms with Crippen molar-refractivity contribution in [3.05, 3.63) is 46.9 Å². The highest BCUT2D eigenvalue weighted by Gasteiger charge is 2.22. The van der Waals surface area contributed by atoms with Crippen LogP contribution < -0.4 is 16.4 Å². The molecule has 3 rings (SSSR count). The molecule has 1 aromatic carbocycles. The molecule has 0 aliphatic carbocycles. The molecule has 0 spiro atoms. The maximum atomic E-state index is 13.8. The molecule has 0 fully saturated rings. The molecule has 138 valence electrons. The van der Waals surface area contributed by atoms with E-state index < -0.39 is 0 Å². The number of nitrogen functional groups attached to an aromatic ring is 1. The molecule has 0 saturated heterocycles. The van der Waals surface area contributed by atoms with Crippen LogP contribution in [0.15, 0.2) is 24.3 Å². The van der Waals surface area contributed by atoms with Crippen LogP contribution in [0.25, 0.3) is 0 Å². The number of nitrogens with zero attached hydrogens (tertiary/aromatic N) is 3. The number of fused-ring (bicyclic) bond motifs is 1. The quantitative estimate of drug-likeness (QED) is 0.737. The summed E-state index contributed by atoms with van der Waals surface area (Å²) >= 11 is 0. The zero-order valence-corrected chi connectivity index (χ0v) is 14.8. The molecule has 2 aromatic rings. The molecule has 1 aliphatic rings. The number of anilines is 2. The molecule has 7 nitrogen and oxygen atoms in total. The van der Waals surface area contributed by atoms with Gasteiger partial charge in [0, 0.05) is 37.2 Å². The summed E-state index contributed by atoms with van der Waals surface area (Å²) in [5.41, 5.74) is 8.18. The highest BCUT2D eigenvalue weighted by atomic mass is 19.1. The topological polar surface area (TPSA) is 96.2 Å². The Bertz CT molecular complexity index is 797. The van der Waals surface area contributed by atoms with Gasteiger partial charge < -0.3 is 21.3 Å². The minimum absolute atomic E-state index is 0.0575. The molecule has 0 unspecified atom stereocenters. The number of benzene rings is 1. The Morgan fingerprint density at radius 2 is 2.04 bits per heavy atom. The summed E-state index contributed by atoms with van der Waals surface area (Å²) in [5, 5.41) is 6.06. The third kappa shape index (κ3) is 4.08. The van der Waals surface area contributed by atoms with Gasteiger partial charge in [0.15, 0.2) is 0 Å². The van der Waals surface area contributed by atoms with Gasteiger partial charge >= 0.3 is 0 Å². The Morgan fingerprint density at radius 3 is 2.81 bits per heavy atom. The summed E-state index contributed by atoms with van der Waals surface area (Å²) in [5.74, 6) is 0.576. The molecule has 0 atom stereocenters. The third-order valence-corrected chi connectivity index (χ3v) is 4.45. The Hall–Kier alpha value is -2.74. The second-order valence-electron chi connectivity index (χ2n) is 6.21. The Kier molecular flexibility index (Phi) is 5.62. The molecule has 0 radical (unpaired) electrons. The van der Waals surface area contributed by atoms with Crippen LogP contribution >= 0.6 is 0 Å². The second kappa shape index (κ2) is 8.09. The van der Waals surface area contributed by atoms with E-state index in [1.165, 1.54) is 6.07 Å². The molecular formula is C18H23FN6O. The molecule has 0 saturated carbocycles. The first-order chi connectivity index (χ1) is 12.6. The smallest absolute Gasteiger partial charge is 0.236 e. The monoisotopic (exact) mass is 358 g/mol. The van der Waals surface area contributed by atoms with Crippen LogP contribution in [-0.2, 0) is 24.2 Å². The van der Waals surface area contributed by atoms with Gasteiger partial charge in [-0.1, -0.05) is 18.2 Å². The van der Waals surface area contributed by atoms with Gasteiger partial charge in [0.2, 0.25) is 11.9 Å². The summed E-state index contributed by atoms with van der Waals surface area (Å²) in [6.07, 6.45) is 1.25. The fourth-order valence-electron chi connectivity index (χ4n) is 3.10. The van der Waals surface area contributed by atoms with E-state index in [9.17, 15) is 9.18 Å². The van der Waals surface area contributed by atoms with Crippen molar-refractivity contribution in [2.24, 2.45) is 0 Å². The number of amides is 1. The van der Waals surface area contributed by atoms with E-state index in [1.54, 1.807) is 25.2 Å². The average Bonchev–Trinajstić information content (AvgIpc) is 2.83. The van der Waals surface area contributed by atoms with E-state index in [2.05, 4.69) is 20.6 Å². The number of likely N-dealkylation sites (N-methyl/N-ethyl adjacent to an activating group) is 1. The van der Waals surface area contributed by atoms with Gasteiger partial charge in [-0.25, -0.2) is 9.37 Å². The number of halogens is 1. The summed E-state index contributed by atoms with van der Waals surface area (Å²) in [7, 11) is 1.75. The van der Waals surface area contributed by atoms with Crippen LogP contribution in [0.1, 0.15) is 16.8 Å². The van der Waals surface area contributed by atoms with Crippen LogP contribution in [0.3, 0.4) is 0 Å². The average molecular weight is 358 g/mol. The molecular weight excluding hydrogens is 335 g/mol. The van der Waals surface area contributed by atoms with E-state index >= 15 is 0 Å². The highest BCUT2D eigenvalue weighted by Crippen LogP contribution is 2.23. The minimum atomic E-state index is -0.267. The number of carbonyl (C=O) groups is 1. The van der Waals surface area contributed by atoms with E-state index in [0.717, 1.165) is 11.3 Å². The summed E-state index contributed by atoms with van der Waals surface area (Å²) in [6.45, 7) is 1.80. The molecule has 0 bridgehead atoms. The minimum Gasteiger partial charge on any atom is -0.368 e. The Balaban J connectivity index is 1.78. The fraction of sp³-hybridized carbons (Fsp3) is 0.389. The predicted molar refractivity (Wildman–Crippen MR) is 98.1 cm³/mol. The third-order valence-electron chi connectivity index (χ3n) is 4.45. The first kappa shape index (κ1) is 18.1. The van der Waals surface area contributed by atoms with Gasteiger partial charge in [-0.2, -0.15) is 4.98 Å². The molecule has 2 heterocycles. The standard InChI is InChI=1S/C18H23FN6O/c1-21-11-16(26)25-8-6-13-15(7-9-25)23-18(20)24-17(13)22-10-12-4-2-3-5-14(12)19/h2-5,21H,6-11H2,1H3,(H3,20,22,23,24). The normalized spacial score (nSPS) is 13.8. The molecule has 4 N–H and O–H groups in total. The number of hydrogen-bond donors (Lipinski definition) is 3. The Labute approximate surface area is 151 Å². The molecule has 1 amide bonds. The van der Waals surface area contributed by atoms with Gasteiger partial charge in [0.25, 0.3) is 0 Å². The lowest BCUT2D eigenvalue weighted by Crippen LogP contribution is -2.38. The molecule has 1 aromatic heterocycles. The predicted octanol–water partition coefficient (Wildman–Crippen LogP) is 0.957. The van der Waals surface area contributed by atoms with Crippen LogP contribution in [0, 0.1) is 5.82 Å². The molecule has 26 heavy (non-hydrogen) atoms. The number of nitrogens with one attached hydrogen (secondary N) is 2. The van der Waals surface area contributed by atoms with E-state index in [4.69, 9.17) is 5.73 Å². The number of hydrogen-bond acceptors (Lipinski definition) is 6. The number of rotatable bonds is 5. The largest absolute Gasteiger partial charge is 0.368 e. The maximum absolute atomic E-state index is 13.8. The van der Waals surface area contributed by atoms with Crippen molar-refractivity contribution in [1.82, 2.24) is 20.2 Å². The van der Waals surface area contributed by atoms with Crippen molar-refractivity contribution >= 4 is 17.7 Å². The van der Waals surface area contributed by atoms with E-state index in [1.807, 2.05) is 4.90 Å². The van der Waals surface area contributed by atoms with Crippen molar-refractivity contribution in [3.63, 3.8) is 0 Å². The number of aromatic nitrogens is 2. The summed E-state index contributed by atoms with van der Waals surface area (Å²) < 4.78 is 13.8. The van der Waals surface area contributed by atoms with Crippen molar-refractivity contribution in [2.45, 2.75) is 19.4 Å². The van der Waals surface area contributed by atoms with Gasteiger partial charge in [0.05, 0.1) is 12.2 Å². The van der Waals surface area contributed by atoms with Crippen molar-refractivity contribution < 1.29 is 9.18 Å². The zero-order valence-electron chi connectivity index (χ0n) is 14.8. The molecule has 1 aliphatic heterocycles. The summed E-state index contributed by atoms with van der Waals surface area (Å²) in [4.78, 5) is 22.6. The van der Waals surface area contributed by atoms with Crippen molar-refractivity contribution in [2.75, 3.05) is 37.7 Å². The van der Waals surface area contributed by atoms with Crippen LogP contribution in [-0.4, -0.2) is 47.5 Å². The van der Waals surface area contributed by atoms with Crippen LogP contribution in [0.5, 0.6) is 0 Å². The van der Waals surface area contributed by atoms with Crippen molar-refractivity contribution in [3.8, 4) is 0 Å². The SMILES string of the molecule is CNCC(=O)N1CCc2nc(N)nc(NCc3ccccc3F)c2CC1. The fourth-order valence-corrected chi connectivity index (χ4v) is 3.10. The van der Waals surface area contributed by atoms with Gasteiger partial charge in [-0.15, -0.1) is 0 Å². The number of carbonyl (C=O) groups excluding carboxylic acids is 1. The molecule has 8 heteroatoms. The Morgan fingerprint density at radius 1 is 1.27 bits per heavy atom. The first-order valence-corrected chi connectivity index (χ1v) is 8.63.